The highest BCUT2D eigenvalue weighted by atomic mass is 16.2. The van der Waals surface area contributed by atoms with Gasteiger partial charge in [-0.2, -0.15) is 0 Å². The van der Waals surface area contributed by atoms with Gasteiger partial charge in [0, 0.05) is 6.04 Å². The van der Waals surface area contributed by atoms with Crippen LogP contribution in [-0.4, -0.2) is 29.1 Å². The van der Waals surface area contributed by atoms with Gasteiger partial charge in [0.1, 0.15) is 0 Å². The van der Waals surface area contributed by atoms with Crippen LogP contribution in [0.15, 0.2) is 0 Å². The number of hydrogen-bond acceptors (Lipinski definition) is 2. The fourth-order valence-corrected chi connectivity index (χ4v) is 3.23. The first-order valence-electron chi connectivity index (χ1n) is 8.48. The first kappa shape index (κ1) is 17.5. The molecule has 1 aliphatic rings. The molecule has 118 valence electrons. The predicted molar refractivity (Wildman–Crippen MR) is 85.5 cm³/mol. The summed E-state index contributed by atoms with van der Waals surface area (Å²) in [4.78, 5) is 14.8. The molecule has 4 atom stereocenters. The Morgan fingerprint density at radius 1 is 1.20 bits per heavy atom. The van der Waals surface area contributed by atoms with Crippen LogP contribution in [0.5, 0.6) is 0 Å². The molecule has 4 unspecified atom stereocenters. The number of amides is 1. The zero-order valence-electron chi connectivity index (χ0n) is 14.3. The van der Waals surface area contributed by atoms with Gasteiger partial charge in [-0.05, 0) is 38.0 Å². The molecule has 1 heterocycles. The van der Waals surface area contributed by atoms with E-state index >= 15 is 0 Å². The highest BCUT2D eigenvalue weighted by molar-refractivity contribution is 5.84. The van der Waals surface area contributed by atoms with Crippen molar-refractivity contribution in [2.45, 2.75) is 91.9 Å². The van der Waals surface area contributed by atoms with E-state index in [1.54, 1.807) is 0 Å². The second-order valence-electron chi connectivity index (χ2n) is 7.00. The quantitative estimate of drug-likeness (QED) is 0.734. The van der Waals surface area contributed by atoms with Gasteiger partial charge in [-0.15, -0.1) is 0 Å². The summed E-state index contributed by atoms with van der Waals surface area (Å²) in [6, 6.07) is 0.388. The predicted octanol–water partition coefficient (Wildman–Crippen LogP) is 3.78. The summed E-state index contributed by atoms with van der Waals surface area (Å²) < 4.78 is 0. The van der Waals surface area contributed by atoms with Crippen LogP contribution in [-0.2, 0) is 4.79 Å². The van der Waals surface area contributed by atoms with E-state index in [2.05, 4.69) is 51.8 Å². The van der Waals surface area contributed by atoms with Gasteiger partial charge >= 0.3 is 0 Å². The molecule has 0 aromatic heterocycles. The summed E-state index contributed by atoms with van der Waals surface area (Å²) >= 11 is 0. The van der Waals surface area contributed by atoms with Crippen molar-refractivity contribution < 1.29 is 4.79 Å². The van der Waals surface area contributed by atoms with Crippen molar-refractivity contribution in [3.63, 3.8) is 0 Å². The minimum atomic E-state index is 0.0446. The molecule has 3 heteroatoms. The molecule has 0 saturated carbocycles. The molecule has 1 amide bonds. The Bertz CT molecular complexity index is 303. The highest BCUT2D eigenvalue weighted by Gasteiger charge is 2.40. The Kier molecular flexibility index (Phi) is 7.01. The lowest BCUT2D eigenvalue weighted by molar-refractivity contribution is -0.132. The van der Waals surface area contributed by atoms with Crippen molar-refractivity contribution >= 4 is 5.91 Å². The maximum absolute atomic E-state index is 12.7. The highest BCUT2D eigenvalue weighted by Crippen LogP contribution is 2.25. The Balaban J connectivity index is 2.77. The molecule has 1 N–H and O–H groups in total. The number of nitrogens with one attached hydrogen (secondary N) is 1. The van der Waals surface area contributed by atoms with E-state index < -0.39 is 0 Å². The van der Waals surface area contributed by atoms with Crippen LogP contribution in [0.2, 0.25) is 0 Å². The topological polar surface area (TPSA) is 32.3 Å². The van der Waals surface area contributed by atoms with E-state index in [9.17, 15) is 4.79 Å². The number of carbonyl (C=O) groups excluding carboxylic acids is 1. The van der Waals surface area contributed by atoms with Gasteiger partial charge in [-0.25, -0.2) is 0 Å². The molecule has 0 aromatic rings. The van der Waals surface area contributed by atoms with Crippen molar-refractivity contribution in [3.05, 3.63) is 0 Å². The van der Waals surface area contributed by atoms with Crippen molar-refractivity contribution in [2.75, 3.05) is 0 Å². The van der Waals surface area contributed by atoms with Gasteiger partial charge in [0.15, 0.2) is 0 Å². The average molecular weight is 282 g/mol. The van der Waals surface area contributed by atoms with Crippen LogP contribution in [0.3, 0.4) is 0 Å². The van der Waals surface area contributed by atoms with Crippen molar-refractivity contribution in [1.29, 1.82) is 0 Å². The lowest BCUT2D eigenvalue weighted by Gasteiger charge is -2.32. The molecule has 0 bridgehead atoms. The third-order valence-electron chi connectivity index (χ3n) is 4.47. The molecule has 20 heavy (non-hydrogen) atoms. The summed E-state index contributed by atoms with van der Waals surface area (Å²) in [6.07, 6.45) is 5.60. The maximum Gasteiger partial charge on any atom is 0.241 e. The zero-order chi connectivity index (χ0) is 15.3. The molecule has 0 aromatic carbocycles. The van der Waals surface area contributed by atoms with Crippen LogP contribution < -0.4 is 5.32 Å². The monoisotopic (exact) mass is 282 g/mol. The van der Waals surface area contributed by atoms with Gasteiger partial charge in [-0.1, -0.05) is 47.5 Å². The lowest BCUT2D eigenvalue weighted by atomic mass is 9.98. The molecule has 1 rings (SSSR count). The van der Waals surface area contributed by atoms with Crippen LogP contribution in [0.4, 0.5) is 0 Å². The van der Waals surface area contributed by atoms with E-state index in [1.807, 2.05) is 0 Å². The van der Waals surface area contributed by atoms with Gasteiger partial charge in [0.25, 0.3) is 0 Å². The van der Waals surface area contributed by atoms with Crippen molar-refractivity contribution in [1.82, 2.24) is 10.2 Å². The van der Waals surface area contributed by atoms with Crippen molar-refractivity contribution in [3.8, 4) is 0 Å². The summed E-state index contributed by atoms with van der Waals surface area (Å²) in [5.74, 6) is 1.62. The summed E-state index contributed by atoms with van der Waals surface area (Å²) in [5, 5.41) is 3.57. The van der Waals surface area contributed by atoms with Crippen LogP contribution >= 0.6 is 0 Å². The molecule has 1 aliphatic heterocycles. The van der Waals surface area contributed by atoms with Gasteiger partial charge in [0.05, 0.1) is 12.2 Å². The number of nitrogens with zero attached hydrogens (tertiary/aromatic N) is 1. The second kappa shape index (κ2) is 8.02. The van der Waals surface area contributed by atoms with Gasteiger partial charge in [0.2, 0.25) is 5.91 Å². The van der Waals surface area contributed by atoms with E-state index in [-0.39, 0.29) is 12.2 Å². The van der Waals surface area contributed by atoms with Crippen LogP contribution in [0.1, 0.15) is 73.6 Å². The molecular formula is C17H34N2O. The fourth-order valence-electron chi connectivity index (χ4n) is 3.23. The minimum absolute atomic E-state index is 0.0446. The first-order valence-corrected chi connectivity index (χ1v) is 8.48. The number of hydrogen-bond donors (Lipinski definition) is 1. The first-order chi connectivity index (χ1) is 9.40. The fraction of sp³-hybridized carbons (Fsp3) is 0.941. The van der Waals surface area contributed by atoms with Gasteiger partial charge in [-0.3, -0.25) is 10.1 Å². The Hall–Kier alpha value is -0.570. The lowest BCUT2D eigenvalue weighted by Crippen LogP contribution is -2.44. The number of rotatable bonds is 8. The Labute approximate surface area is 125 Å². The Morgan fingerprint density at radius 2 is 1.85 bits per heavy atom. The van der Waals surface area contributed by atoms with E-state index in [0.717, 1.165) is 25.7 Å². The molecule has 3 nitrogen and oxygen atoms in total. The summed E-state index contributed by atoms with van der Waals surface area (Å²) in [5.41, 5.74) is 0. The smallest absolute Gasteiger partial charge is 0.241 e. The summed E-state index contributed by atoms with van der Waals surface area (Å²) in [7, 11) is 0. The third-order valence-corrected chi connectivity index (χ3v) is 4.47. The van der Waals surface area contributed by atoms with E-state index in [1.165, 1.54) is 6.42 Å². The number of carbonyl (C=O) groups is 1. The zero-order valence-corrected chi connectivity index (χ0v) is 14.3. The van der Waals surface area contributed by atoms with Crippen molar-refractivity contribution in [2.24, 2.45) is 11.8 Å². The SMILES string of the molecule is CCCC1NC(CC(C)C)N(C(C)CC(C)CC)C1=O. The molecule has 0 radical (unpaired) electrons. The third kappa shape index (κ3) is 4.47. The average Bonchev–Trinajstić information content (AvgIpc) is 2.65. The molecule has 0 spiro atoms. The van der Waals surface area contributed by atoms with E-state index in [0.29, 0.717) is 23.8 Å². The van der Waals surface area contributed by atoms with Gasteiger partial charge < -0.3 is 4.90 Å². The Morgan fingerprint density at radius 3 is 2.35 bits per heavy atom. The maximum atomic E-state index is 12.7. The normalized spacial score (nSPS) is 26.4. The largest absolute Gasteiger partial charge is 0.323 e. The summed E-state index contributed by atoms with van der Waals surface area (Å²) in [6.45, 7) is 13.3. The van der Waals surface area contributed by atoms with Crippen LogP contribution in [0.25, 0.3) is 0 Å². The standard InChI is InChI=1S/C17H34N2O/c1-7-9-15-17(20)19(14(6)11-13(5)8-2)16(18-15)10-12(3)4/h12-16,18H,7-11H2,1-6H3. The molecule has 1 fully saturated rings. The molecule has 0 aliphatic carbocycles. The molecule has 1 saturated heterocycles. The van der Waals surface area contributed by atoms with Crippen LogP contribution in [0, 0.1) is 11.8 Å². The van der Waals surface area contributed by atoms with E-state index in [4.69, 9.17) is 0 Å². The second-order valence-corrected chi connectivity index (χ2v) is 7.00. The molecular weight excluding hydrogens is 248 g/mol. The minimum Gasteiger partial charge on any atom is -0.323 e.